The van der Waals surface area contributed by atoms with Gasteiger partial charge in [-0.1, -0.05) is 12.1 Å². The number of alkyl halides is 3. The van der Waals surface area contributed by atoms with Gasteiger partial charge in [-0.2, -0.15) is 13.2 Å². The predicted molar refractivity (Wildman–Crippen MR) is 58.9 cm³/mol. The molecule has 1 aromatic carbocycles. The van der Waals surface area contributed by atoms with Crippen molar-refractivity contribution >= 4 is 5.91 Å². The minimum atomic E-state index is -4.35. The summed E-state index contributed by atoms with van der Waals surface area (Å²) in [6, 6.07) is 5.97. The molecular formula is C11H13F3N2O2. The maximum atomic E-state index is 11.9. The number of hydrogen-bond acceptors (Lipinski definition) is 3. The molecule has 1 amide bonds. The van der Waals surface area contributed by atoms with Crippen LogP contribution in [0.5, 0.6) is 5.75 Å². The van der Waals surface area contributed by atoms with E-state index in [1.807, 2.05) is 0 Å². The van der Waals surface area contributed by atoms with E-state index in [1.54, 1.807) is 12.1 Å². The van der Waals surface area contributed by atoms with E-state index >= 15 is 0 Å². The van der Waals surface area contributed by atoms with Gasteiger partial charge in [0.15, 0.2) is 6.61 Å². The van der Waals surface area contributed by atoms with Gasteiger partial charge >= 0.3 is 6.18 Å². The van der Waals surface area contributed by atoms with Crippen LogP contribution >= 0.6 is 0 Å². The lowest BCUT2D eigenvalue weighted by molar-refractivity contribution is -0.153. The minimum Gasteiger partial charge on any atom is -0.484 e. The van der Waals surface area contributed by atoms with E-state index in [4.69, 9.17) is 5.73 Å². The van der Waals surface area contributed by atoms with Crippen molar-refractivity contribution in [2.75, 3.05) is 13.2 Å². The number of amides is 1. The van der Waals surface area contributed by atoms with Crippen molar-refractivity contribution in [3.05, 3.63) is 29.8 Å². The Morgan fingerprint density at radius 3 is 2.39 bits per heavy atom. The average molecular weight is 262 g/mol. The van der Waals surface area contributed by atoms with Crippen molar-refractivity contribution < 1.29 is 22.7 Å². The number of benzene rings is 1. The molecule has 0 saturated heterocycles. The Balaban J connectivity index is 2.45. The molecule has 0 aliphatic heterocycles. The van der Waals surface area contributed by atoms with Crippen LogP contribution in [0.2, 0.25) is 0 Å². The summed E-state index contributed by atoms with van der Waals surface area (Å²) in [5.74, 6) is -0.173. The molecule has 0 saturated carbocycles. The first-order valence-electron chi connectivity index (χ1n) is 5.16. The Kier molecular flexibility index (Phi) is 4.96. The Bertz CT molecular complexity index is 390. The van der Waals surface area contributed by atoms with Crippen LogP contribution in [-0.4, -0.2) is 25.2 Å². The molecule has 1 aromatic rings. The van der Waals surface area contributed by atoms with Gasteiger partial charge in [-0.05, 0) is 17.7 Å². The maximum absolute atomic E-state index is 11.9. The second kappa shape index (κ2) is 6.25. The van der Waals surface area contributed by atoms with Crippen molar-refractivity contribution in [3.8, 4) is 5.75 Å². The fourth-order valence-electron chi connectivity index (χ4n) is 1.14. The van der Waals surface area contributed by atoms with Crippen LogP contribution in [0.15, 0.2) is 24.3 Å². The van der Waals surface area contributed by atoms with Gasteiger partial charge in [-0.3, -0.25) is 4.79 Å². The molecule has 100 valence electrons. The zero-order valence-corrected chi connectivity index (χ0v) is 9.46. The van der Waals surface area contributed by atoms with Crippen molar-refractivity contribution in [2.45, 2.75) is 12.7 Å². The number of nitrogens with two attached hydrogens (primary N) is 1. The van der Waals surface area contributed by atoms with Gasteiger partial charge in [-0.25, -0.2) is 0 Å². The molecular weight excluding hydrogens is 249 g/mol. The SMILES string of the molecule is NCC(=O)NCc1ccc(OCC(F)(F)F)cc1. The summed E-state index contributed by atoms with van der Waals surface area (Å²) in [5, 5.41) is 2.54. The molecule has 0 heterocycles. The van der Waals surface area contributed by atoms with Crippen LogP contribution < -0.4 is 15.8 Å². The lowest BCUT2D eigenvalue weighted by Gasteiger charge is -2.09. The highest BCUT2D eigenvalue weighted by molar-refractivity contribution is 5.77. The van der Waals surface area contributed by atoms with E-state index in [0.717, 1.165) is 5.56 Å². The summed E-state index contributed by atoms with van der Waals surface area (Å²) in [6.45, 7) is -1.15. The third-order valence-electron chi connectivity index (χ3n) is 2.00. The number of rotatable bonds is 5. The van der Waals surface area contributed by atoms with Gasteiger partial charge in [0, 0.05) is 6.54 Å². The third-order valence-corrected chi connectivity index (χ3v) is 2.00. The summed E-state index contributed by atoms with van der Waals surface area (Å²) < 4.78 is 40.2. The zero-order valence-electron chi connectivity index (χ0n) is 9.46. The van der Waals surface area contributed by atoms with Crippen LogP contribution in [0.3, 0.4) is 0 Å². The molecule has 0 fully saturated rings. The molecule has 0 aliphatic rings. The molecule has 18 heavy (non-hydrogen) atoms. The Hall–Kier alpha value is -1.76. The van der Waals surface area contributed by atoms with Crippen LogP contribution in [-0.2, 0) is 11.3 Å². The summed E-state index contributed by atoms with van der Waals surface area (Å²) >= 11 is 0. The van der Waals surface area contributed by atoms with E-state index in [0.29, 0.717) is 0 Å². The lowest BCUT2D eigenvalue weighted by atomic mass is 10.2. The fraction of sp³-hybridized carbons (Fsp3) is 0.364. The number of nitrogens with one attached hydrogen (secondary N) is 1. The first-order valence-corrected chi connectivity index (χ1v) is 5.16. The monoisotopic (exact) mass is 262 g/mol. The zero-order chi connectivity index (χ0) is 13.6. The molecule has 1 rings (SSSR count). The Morgan fingerprint density at radius 1 is 1.28 bits per heavy atom. The topological polar surface area (TPSA) is 64.4 Å². The van der Waals surface area contributed by atoms with Crippen molar-refractivity contribution in [1.29, 1.82) is 0 Å². The number of carbonyl (C=O) groups excluding carboxylic acids is 1. The maximum Gasteiger partial charge on any atom is 0.422 e. The first-order chi connectivity index (χ1) is 8.40. The van der Waals surface area contributed by atoms with Gasteiger partial charge in [0.1, 0.15) is 5.75 Å². The standard InChI is InChI=1S/C11H13F3N2O2/c12-11(13,14)7-18-9-3-1-8(2-4-9)6-16-10(17)5-15/h1-4H,5-7,15H2,(H,16,17). The molecule has 3 N–H and O–H groups in total. The largest absolute Gasteiger partial charge is 0.484 e. The smallest absolute Gasteiger partial charge is 0.422 e. The molecule has 7 heteroatoms. The second-order valence-corrected chi connectivity index (χ2v) is 3.53. The van der Waals surface area contributed by atoms with Gasteiger partial charge < -0.3 is 15.8 Å². The Morgan fingerprint density at radius 2 is 1.89 bits per heavy atom. The fourth-order valence-corrected chi connectivity index (χ4v) is 1.14. The van der Waals surface area contributed by atoms with Crippen LogP contribution in [0.4, 0.5) is 13.2 Å². The normalized spacial score (nSPS) is 11.1. The van der Waals surface area contributed by atoms with Gasteiger partial charge in [0.25, 0.3) is 0 Å². The molecule has 0 atom stereocenters. The minimum absolute atomic E-state index is 0.104. The van der Waals surface area contributed by atoms with E-state index in [-0.39, 0.29) is 24.7 Å². The van der Waals surface area contributed by atoms with Crippen molar-refractivity contribution in [1.82, 2.24) is 5.32 Å². The average Bonchev–Trinajstić information content (AvgIpc) is 2.33. The Labute approximate surface area is 102 Å². The number of hydrogen-bond donors (Lipinski definition) is 2. The molecule has 0 spiro atoms. The van der Waals surface area contributed by atoms with Gasteiger partial charge in [-0.15, -0.1) is 0 Å². The molecule has 0 aromatic heterocycles. The molecule has 0 aliphatic carbocycles. The molecule has 0 unspecified atom stereocenters. The highest BCUT2D eigenvalue weighted by Crippen LogP contribution is 2.18. The highest BCUT2D eigenvalue weighted by Gasteiger charge is 2.28. The summed E-state index contributed by atoms with van der Waals surface area (Å²) in [7, 11) is 0. The van der Waals surface area contributed by atoms with E-state index < -0.39 is 12.8 Å². The van der Waals surface area contributed by atoms with E-state index in [2.05, 4.69) is 10.1 Å². The summed E-state index contributed by atoms with van der Waals surface area (Å²) in [4.78, 5) is 10.9. The van der Waals surface area contributed by atoms with Gasteiger partial charge in [0.2, 0.25) is 5.91 Å². The van der Waals surface area contributed by atoms with Crippen molar-refractivity contribution in [3.63, 3.8) is 0 Å². The van der Waals surface area contributed by atoms with Gasteiger partial charge in [0.05, 0.1) is 6.54 Å². The van der Waals surface area contributed by atoms with E-state index in [1.165, 1.54) is 12.1 Å². The number of halogens is 3. The highest BCUT2D eigenvalue weighted by atomic mass is 19.4. The second-order valence-electron chi connectivity index (χ2n) is 3.53. The van der Waals surface area contributed by atoms with Crippen LogP contribution in [0.25, 0.3) is 0 Å². The van der Waals surface area contributed by atoms with Crippen molar-refractivity contribution in [2.24, 2.45) is 5.73 Å². The van der Waals surface area contributed by atoms with E-state index in [9.17, 15) is 18.0 Å². The number of ether oxygens (including phenoxy) is 1. The first kappa shape index (κ1) is 14.3. The summed E-state index contributed by atoms with van der Waals surface area (Å²) in [5.41, 5.74) is 5.85. The summed E-state index contributed by atoms with van der Waals surface area (Å²) in [6.07, 6.45) is -4.35. The molecule has 0 bridgehead atoms. The van der Waals surface area contributed by atoms with Crippen LogP contribution in [0.1, 0.15) is 5.56 Å². The quantitative estimate of drug-likeness (QED) is 0.838. The lowest BCUT2D eigenvalue weighted by Crippen LogP contribution is -2.29. The predicted octanol–water partition coefficient (Wildman–Crippen LogP) is 1.20. The van der Waals surface area contributed by atoms with Crippen LogP contribution in [0, 0.1) is 0 Å². The molecule has 0 radical (unpaired) electrons. The number of carbonyl (C=O) groups is 1. The third kappa shape index (κ3) is 5.53. The molecule has 4 nitrogen and oxygen atoms in total.